The second-order valence-electron chi connectivity index (χ2n) is 10.3. The molecular formula is C31H43NO5. The molecule has 0 aliphatic rings. The molecule has 2 rings (SSSR count). The van der Waals surface area contributed by atoms with E-state index in [-0.39, 0.29) is 23.7 Å². The maximum absolute atomic E-state index is 13.3. The number of carboxylic acid groups (broad SMARTS) is 1. The number of rotatable bonds is 12. The summed E-state index contributed by atoms with van der Waals surface area (Å²) in [5.41, 5.74) is 3.64. The molecule has 0 spiro atoms. The van der Waals surface area contributed by atoms with Gasteiger partial charge >= 0.3 is 5.97 Å². The molecule has 1 atom stereocenters. The third-order valence-electron chi connectivity index (χ3n) is 8.40. The molecule has 6 heteroatoms. The van der Waals surface area contributed by atoms with Gasteiger partial charge in [0.25, 0.3) is 5.91 Å². The van der Waals surface area contributed by atoms with Gasteiger partial charge < -0.3 is 15.1 Å². The van der Waals surface area contributed by atoms with Crippen LogP contribution in [-0.4, -0.2) is 52.0 Å². The maximum Gasteiger partial charge on any atom is 0.323 e. The molecule has 0 bridgehead atoms. The summed E-state index contributed by atoms with van der Waals surface area (Å²) >= 11 is 0. The number of nitrogens with zero attached hydrogens (tertiary/aromatic N) is 1. The third kappa shape index (κ3) is 5.96. The van der Waals surface area contributed by atoms with Crippen molar-refractivity contribution in [1.29, 1.82) is 0 Å². The summed E-state index contributed by atoms with van der Waals surface area (Å²) in [5.74, 6) is -1.92. The van der Waals surface area contributed by atoms with Crippen LogP contribution in [0.3, 0.4) is 0 Å². The second kappa shape index (κ2) is 12.0. The van der Waals surface area contributed by atoms with Gasteiger partial charge in [-0.3, -0.25) is 14.4 Å². The van der Waals surface area contributed by atoms with Crippen LogP contribution in [0.25, 0.3) is 0 Å². The molecule has 1 amide bonds. The molecule has 0 saturated carbocycles. The van der Waals surface area contributed by atoms with Gasteiger partial charge in [-0.15, -0.1) is 0 Å². The Kier molecular flexibility index (Phi) is 9.84. The molecule has 0 aromatic heterocycles. The first-order chi connectivity index (χ1) is 17.3. The topological polar surface area (TPSA) is 94.9 Å². The van der Waals surface area contributed by atoms with Crippen LogP contribution in [0.15, 0.2) is 36.4 Å². The zero-order valence-electron chi connectivity index (χ0n) is 23.6. The van der Waals surface area contributed by atoms with Gasteiger partial charge in [-0.2, -0.15) is 0 Å². The number of aliphatic hydroxyl groups is 1. The van der Waals surface area contributed by atoms with Crippen molar-refractivity contribution in [2.45, 2.75) is 85.2 Å². The number of carboxylic acids is 1. The Hall–Kier alpha value is -2.99. The lowest BCUT2D eigenvalue weighted by Crippen LogP contribution is -2.40. The van der Waals surface area contributed by atoms with E-state index in [9.17, 15) is 19.5 Å². The summed E-state index contributed by atoms with van der Waals surface area (Å²) in [6, 6.07) is 11.8. The number of likely N-dealkylation sites (N-methyl/N-ethyl adjacent to an activating group) is 1. The van der Waals surface area contributed by atoms with Crippen molar-refractivity contribution in [3.05, 3.63) is 69.8 Å². The number of benzene rings is 2. The van der Waals surface area contributed by atoms with Crippen molar-refractivity contribution < 1.29 is 24.6 Å². The Bertz CT molecular complexity index is 1140. The highest BCUT2D eigenvalue weighted by Crippen LogP contribution is 2.40. The van der Waals surface area contributed by atoms with Crippen LogP contribution in [0.2, 0.25) is 0 Å². The highest BCUT2D eigenvalue weighted by Gasteiger charge is 2.37. The fourth-order valence-corrected chi connectivity index (χ4v) is 5.49. The Labute approximate surface area is 221 Å². The van der Waals surface area contributed by atoms with Crippen LogP contribution in [0.4, 0.5) is 0 Å². The molecule has 2 aromatic rings. The molecule has 37 heavy (non-hydrogen) atoms. The normalized spacial score (nSPS) is 12.8. The molecule has 0 heterocycles. The minimum absolute atomic E-state index is 0.0435. The lowest BCUT2D eigenvalue weighted by molar-refractivity contribution is -0.137. The maximum atomic E-state index is 13.3. The van der Waals surface area contributed by atoms with E-state index < -0.39 is 17.5 Å². The molecule has 2 N–H and O–H groups in total. The summed E-state index contributed by atoms with van der Waals surface area (Å²) in [6.45, 7) is 13.4. The number of carbonyl (C=O) groups is 3. The fourth-order valence-electron chi connectivity index (χ4n) is 5.49. The predicted octanol–water partition coefficient (Wildman–Crippen LogP) is 5.94. The van der Waals surface area contributed by atoms with Crippen LogP contribution < -0.4 is 0 Å². The Morgan fingerprint density at radius 1 is 0.838 bits per heavy atom. The molecule has 0 aliphatic heterocycles. The van der Waals surface area contributed by atoms with Crippen molar-refractivity contribution >= 4 is 17.7 Å². The van der Waals surface area contributed by atoms with E-state index in [1.165, 1.54) is 11.9 Å². The van der Waals surface area contributed by atoms with E-state index in [1.54, 1.807) is 6.07 Å². The number of Topliss-reactive ketones (excluding diaryl/α,β-unsaturated/α-hetero) is 1. The molecule has 6 nitrogen and oxygen atoms in total. The lowest BCUT2D eigenvalue weighted by atomic mass is 9.69. The van der Waals surface area contributed by atoms with Crippen LogP contribution in [-0.2, 0) is 10.2 Å². The minimum atomic E-state index is -1.05. The van der Waals surface area contributed by atoms with Gasteiger partial charge in [0, 0.05) is 29.5 Å². The van der Waals surface area contributed by atoms with Crippen LogP contribution in [0.1, 0.15) is 103 Å². The van der Waals surface area contributed by atoms with Crippen LogP contribution in [0.5, 0.6) is 0 Å². The van der Waals surface area contributed by atoms with Crippen molar-refractivity contribution in [2.75, 3.05) is 13.6 Å². The number of aryl methyl sites for hydroxylation is 2. The third-order valence-corrected chi connectivity index (χ3v) is 8.40. The average Bonchev–Trinajstić information content (AvgIpc) is 2.87. The minimum Gasteiger partial charge on any atom is -0.480 e. The molecule has 1 unspecified atom stereocenters. The van der Waals surface area contributed by atoms with E-state index in [4.69, 9.17) is 5.11 Å². The van der Waals surface area contributed by atoms with E-state index in [1.807, 2.05) is 58.9 Å². The number of aliphatic carboxylic acids is 1. The summed E-state index contributed by atoms with van der Waals surface area (Å²) in [4.78, 5) is 38.4. The first-order valence-electron chi connectivity index (χ1n) is 13.3. The van der Waals surface area contributed by atoms with E-state index in [0.717, 1.165) is 35.1 Å². The number of hydrogen-bond donors (Lipinski definition) is 2. The molecular weight excluding hydrogens is 466 g/mol. The standard InChI is InChI=1S/C31H43NO5/c1-9-30(10-2,24-14-16-26(21(6)18-24)29(36)32(8)19-27(33)34)23-13-15-25(20(5)17-23)28(35)22(7)31(37,11-3)12-4/h13-18,22,37H,9-12,19H2,1-8H3,(H,33,34). The van der Waals surface area contributed by atoms with Crippen molar-refractivity contribution in [1.82, 2.24) is 4.90 Å². The Balaban J connectivity index is 2.50. The lowest BCUT2D eigenvalue weighted by Gasteiger charge is -2.35. The van der Waals surface area contributed by atoms with Gasteiger partial charge in [-0.25, -0.2) is 0 Å². The molecule has 0 saturated heterocycles. The van der Waals surface area contributed by atoms with Gasteiger partial charge in [-0.1, -0.05) is 65.0 Å². The quantitative estimate of drug-likeness (QED) is 0.346. The zero-order valence-corrected chi connectivity index (χ0v) is 23.6. The SMILES string of the molecule is CCC(CC)(c1ccc(C(=O)C(C)C(O)(CC)CC)c(C)c1)c1ccc(C(=O)N(C)CC(=O)O)c(C)c1. The van der Waals surface area contributed by atoms with Crippen LogP contribution in [0, 0.1) is 19.8 Å². The number of amides is 1. The first-order valence-corrected chi connectivity index (χ1v) is 13.3. The second-order valence-corrected chi connectivity index (χ2v) is 10.3. The van der Waals surface area contributed by atoms with Gasteiger partial charge in [0.1, 0.15) is 6.54 Å². The first kappa shape index (κ1) is 30.2. The van der Waals surface area contributed by atoms with Gasteiger partial charge in [0.2, 0.25) is 0 Å². The average molecular weight is 510 g/mol. The zero-order chi connectivity index (χ0) is 28.1. The predicted molar refractivity (Wildman–Crippen MR) is 147 cm³/mol. The highest BCUT2D eigenvalue weighted by molar-refractivity contribution is 6.00. The molecule has 0 fully saturated rings. The fraction of sp³-hybridized carbons (Fsp3) is 0.516. The Morgan fingerprint density at radius 3 is 1.68 bits per heavy atom. The van der Waals surface area contributed by atoms with Crippen LogP contribution >= 0.6 is 0 Å². The van der Waals surface area contributed by atoms with Gasteiger partial charge in [0.15, 0.2) is 5.78 Å². The van der Waals surface area contributed by atoms with Gasteiger partial charge in [-0.05, 0) is 67.9 Å². The Morgan fingerprint density at radius 2 is 1.30 bits per heavy atom. The smallest absolute Gasteiger partial charge is 0.323 e. The van der Waals surface area contributed by atoms with E-state index in [2.05, 4.69) is 19.9 Å². The van der Waals surface area contributed by atoms with Gasteiger partial charge in [0.05, 0.1) is 5.60 Å². The van der Waals surface area contributed by atoms with Crippen molar-refractivity contribution in [3.8, 4) is 0 Å². The summed E-state index contributed by atoms with van der Waals surface area (Å²) in [5, 5.41) is 19.9. The summed E-state index contributed by atoms with van der Waals surface area (Å²) in [7, 11) is 1.49. The molecule has 202 valence electrons. The molecule has 0 radical (unpaired) electrons. The number of ketones is 1. The van der Waals surface area contributed by atoms with Crippen molar-refractivity contribution in [3.63, 3.8) is 0 Å². The van der Waals surface area contributed by atoms with E-state index >= 15 is 0 Å². The number of carbonyl (C=O) groups excluding carboxylic acids is 2. The number of hydrogen-bond acceptors (Lipinski definition) is 4. The van der Waals surface area contributed by atoms with Crippen molar-refractivity contribution in [2.24, 2.45) is 5.92 Å². The summed E-state index contributed by atoms with van der Waals surface area (Å²) in [6.07, 6.45) is 2.69. The molecule has 2 aromatic carbocycles. The monoisotopic (exact) mass is 509 g/mol. The largest absolute Gasteiger partial charge is 0.480 e. The summed E-state index contributed by atoms with van der Waals surface area (Å²) < 4.78 is 0. The molecule has 0 aliphatic carbocycles. The van der Waals surface area contributed by atoms with E-state index in [0.29, 0.717) is 24.0 Å². The highest BCUT2D eigenvalue weighted by atomic mass is 16.4.